The van der Waals surface area contributed by atoms with Gasteiger partial charge in [-0.2, -0.15) is 0 Å². The molecule has 0 radical (unpaired) electrons. The van der Waals surface area contributed by atoms with Crippen molar-refractivity contribution in [2.24, 2.45) is 10.9 Å². The van der Waals surface area contributed by atoms with Gasteiger partial charge in [0.1, 0.15) is 5.60 Å². The second kappa shape index (κ2) is 7.19. The Bertz CT molecular complexity index is 463. The number of rotatable bonds is 7. The van der Waals surface area contributed by atoms with Gasteiger partial charge in [-0.25, -0.2) is 9.59 Å². The molecular weight excluding hydrogens is 310 g/mol. The fraction of sp³-hybridized carbons (Fsp3) is 0.769. The molecule has 1 unspecified atom stereocenters. The molecule has 0 aliphatic carbocycles. The molecule has 126 valence electrons. The molecule has 9 heteroatoms. The minimum absolute atomic E-state index is 0.00675. The van der Waals surface area contributed by atoms with Crippen LogP contribution in [0.5, 0.6) is 0 Å². The van der Waals surface area contributed by atoms with E-state index in [1.54, 1.807) is 20.8 Å². The van der Waals surface area contributed by atoms with Crippen molar-refractivity contribution in [2.45, 2.75) is 58.1 Å². The number of esters is 1. The molecule has 1 aliphatic rings. The molecule has 0 saturated heterocycles. The average Bonchev–Trinajstić information content (AvgIpc) is 2.77. The fourth-order valence-electron chi connectivity index (χ4n) is 1.73. The lowest BCUT2D eigenvalue weighted by Crippen LogP contribution is -2.57. The van der Waals surface area contributed by atoms with Crippen LogP contribution in [0.3, 0.4) is 0 Å². The molecule has 1 aliphatic heterocycles. The van der Waals surface area contributed by atoms with Gasteiger partial charge in [0.2, 0.25) is 17.8 Å². The highest BCUT2D eigenvalue weighted by Gasteiger charge is 2.44. The Balaban J connectivity index is 2.51. The molecule has 8 nitrogen and oxygen atoms in total. The van der Waals surface area contributed by atoms with Gasteiger partial charge in [0.15, 0.2) is 5.84 Å². The number of carboxylic acid groups (broad SMARTS) is 1. The lowest BCUT2D eigenvalue weighted by atomic mass is 9.93. The summed E-state index contributed by atoms with van der Waals surface area (Å²) in [6, 6.07) is 0. The van der Waals surface area contributed by atoms with Crippen molar-refractivity contribution in [1.29, 1.82) is 0 Å². The molecular formula is C13H23N3O5S. The van der Waals surface area contributed by atoms with Crippen LogP contribution in [0.2, 0.25) is 0 Å². The number of nitrogens with zero attached hydrogens (tertiary/aromatic N) is 2. The summed E-state index contributed by atoms with van der Waals surface area (Å²) in [7, 11) is 0. The van der Waals surface area contributed by atoms with E-state index in [1.165, 1.54) is 0 Å². The Morgan fingerprint density at radius 2 is 2.05 bits per heavy atom. The van der Waals surface area contributed by atoms with E-state index in [0.717, 1.165) is 18.1 Å². The molecule has 1 rings (SSSR count). The number of aliphatic carboxylic acids is 1. The normalized spacial score (nSPS) is 17.5. The molecule has 0 bridgehead atoms. The van der Waals surface area contributed by atoms with Crippen LogP contribution in [0, 0.1) is 0 Å². The highest BCUT2D eigenvalue weighted by molar-refractivity contribution is 7.93. The van der Waals surface area contributed by atoms with Gasteiger partial charge in [-0.1, -0.05) is 5.16 Å². The van der Waals surface area contributed by atoms with Crippen molar-refractivity contribution in [3.05, 3.63) is 0 Å². The smallest absolute Gasteiger partial charge is 0.338 e. The van der Waals surface area contributed by atoms with Crippen molar-refractivity contribution in [2.75, 3.05) is 6.54 Å². The van der Waals surface area contributed by atoms with Crippen LogP contribution >= 0.6 is 12.2 Å². The maximum absolute atomic E-state index is 12.0. The summed E-state index contributed by atoms with van der Waals surface area (Å²) >= 11 is 1.12. The molecule has 0 amide bonds. The number of amidine groups is 1. The fourth-order valence-corrected chi connectivity index (χ4v) is 2.30. The van der Waals surface area contributed by atoms with E-state index >= 15 is 0 Å². The molecule has 0 spiro atoms. The van der Waals surface area contributed by atoms with Crippen molar-refractivity contribution in [1.82, 2.24) is 4.31 Å². The highest BCUT2D eigenvalue weighted by Crippen LogP contribution is 2.23. The Hall–Kier alpha value is -1.48. The van der Waals surface area contributed by atoms with Gasteiger partial charge >= 0.3 is 11.9 Å². The summed E-state index contributed by atoms with van der Waals surface area (Å²) in [4.78, 5) is 23.4. The van der Waals surface area contributed by atoms with Crippen LogP contribution < -0.4 is 5.73 Å². The molecule has 1 heterocycles. The maximum Gasteiger partial charge on any atom is 0.338 e. The zero-order valence-corrected chi connectivity index (χ0v) is 14.1. The summed E-state index contributed by atoms with van der Waals surface area (Å²) in [5.41, 5.74) is 2.97. The number of hydrogen-bond donors (Lipinski definition) is 2. The number of oxime groups is 1. The number of carboxylic acids is 1. The minimum Gasteiger partial charge on any atom is -0.479 e. The summed E-state index contributed by atoms with van der Waals surface area (Å²) in [5, 5.41) is 13.0. The first-order valence-corrected chi connectivity index (χ1v) is 7.68. The summed E-state index contributed by atoms with van der Waals surface area (Å²) in [6.45, 7) is 7.44. The van der Waals surface area contributed by atoms with Gasteiger partial charge in [-0.05, 0) is 47.0 Å². The first kappa shape index (κ1) is 18.6. The van der Waals surface area contributed by atoms with Crippen molar-refractivity contribution >= 4 is 30.0 Å². The molecule has 22 heavy (non-hydrogen) atoms. The third-order valence-corrected chi connectivity index (χ3v) is 3.75. The number of ether oxygens (including phenoxy) is 1. The van der Waals surface area contributed by atoms with Crippen LogP contribution in [-0.2, 0) is 18.6 Å². The third-order valence-electron chi connectivity index (χ3n) is 2.98. The monoisotopic (exact) mass is 333 g/mol. The quantitative estimate of drug-likeness (QED) is 0.237. The zero-order valence-electron chi connectivity index (χ0n) is 13.3. The average molecular weight is 333 g/mol. The maximum atomic E-state index is 12.0. The Kier molecular flexibility index (Phi) is 6.07. The molecule has 3 N–H and O–H groups in total. The number of nitrogens with two attached hydrogens (primary N) is 1. The molecule has 0 saturated carbocycles. The van der Waals surface area contributed by atoms with E-state index in [1.807, 2.05) is 11.2 Å². The number of unbranched alkanes of at least 4 members (excludes halogenated alkanes) is 1. The highest BCUT2D eigenvalue weighted by atomic mass is 32.2. The number of hydrogen-bond acceptors (Lipinski definition) is 8. The van der Waals surface area contributed by atoms with Crippen molar-refractivity contribution in [3.63, 3.8) is 0 Å². The van der Waals surface area contributed by atoms with Crippen LogP contribution in [0.4, 0.5) is 0 Å². The van der Waals surface area contributed by atoms with Crippen LogP contribution in [0.15, 0.2) is 5.16 Å². The SMILES string of the molecule is CC1=NOSN1CCCCC(N)(C(=O)O)C(=O)OC(C)(C)C. The van der Waals surface area contributed by atoms with E-state index in [2.05, 4.69) is 5.16 Å². The first-order chi connectivity index (χ1) is 10.1. The predicted molar refractivity (Wildman–Crippen MR) is 82.7 cm³/mol. The number of carbonyl (C=O) groups excluding carboxylic acids is 1. The third kappa shape index (κ3) is 5.06. The van der Waals surface area contributed by atoms with Crippen LogP contribution in [0.1, 0.15) is 47.0 Å². The van der Waals surface area contributed by atoms with Crippen LogP contribution in [0.25, 0.3) is 0 Å². The zero-order chi connectivity index (χ0) is 17.0. The van der Waals surface area contributed by atoms with E-state index < -0.39 is 23.1 Å². The van der Waals surface area contributed by atoms with E-state index in [-0.39, 0.29) is 6.42 Å². The summed E-state index contributed by atoms with van der Waals surface area (Å²) in [6.07, 6.45) is 1.12. The van der Waals surface area contributed by atoms with Gasteiger partial charge in [0.05, 0.1) is 0 Å². The second-order valence-electron chi connectivity index (χ2n) is 6.13. The lowest BCUT2D eigenvalue weighted by Gasteiger charge is -2.28. The van der Waals surface area contributed by atoms with Crippen molar-refractivity contribution in [3.8, 4) is 0 Å². The number of carbonyl (C=O) groups is 2. The summed E-state index contributed by atoms with van der Waals surface area (Å²) in [5.74, 6) is -1.54. The van der Waals surface area contributed by atoms with E-state index in [9.17, 15) is 14.7 Å². The Labute approximate surface area is 134 Å². The van der Waals surface area contributed by atoms with Gasteiger partial charge in [-0.15, -0.1) is 0 Å². The predicted octanol–water partition coefficient (Wildman–Crippen LogP) is 1.51. The lowest BCUT2D eigenvalue weighted by molar-refractivity contribution is -0.169. The molecule has 0 aromatic heterocycles. The largest absolute Gasteiger partial charge is 0.479 e. The van der Waals surface area contributed by atoms with Gasteiger partial charge in [-0.3, -0.25) is 8.59 Å². The van der Waals surface area contributed by atoms with Crippen LogP contribution in [-0.4, -0.2) is 44.9 Å². The Morgan fingerprint density at radius 1 is 1.41 bits per heavy atom. The molecule has 0 aromatic carbocycles. The first-order valence-electron chi connectivity index (χ1n) is 6.98. The standard InChI is InChI=1S/C13H23N3O5S/c1-9-15-21-22-16(9)8-6-5-7-13(14,10(17)18)11(19)20-12(2,3)4/h5-8,14H2,1-4H3,(H,17,18). The second-order valence-corrected chi connectivity index (χ2v) is 6.86. The van der Waals surface area contributed by atoms with E-state index in [4.69, 9.17) is 14.8 Å². The van der Waals surface area contributed by atoms with Gasteiger partial charge in [0.25, 0.3) is 0 Å². The van der Waals surface area contributed by atoms with E-state index in [0.29, 0.717) is 19.4 Å². The molecule has 0 fully saturated rings. The Morgan fingerprint density at radius 3 is 2.50 bits per heavy atom. The molecule has 1 atom stereocenters. The summed E-state index contributed by atoms with van der Waals surface area (Å²) < 4.78 is 11.8. The van der Waals surface area contributed by atoms with Crippen molar-refractivity contribution < 1.29 is 23.7 Å². The van der Waals surface area contributed by atoms with Gasteiger partial charge in [0, 0.05) is 6.54 Å². The van der Waals surface area contributed by atoms with Gasteiger partial charge < -0.3 is 15.6 Å². The molecule has 0 aromatic rings. The minimum atomic E-state index is -2.02. The topological polar surface area (TPSA) is 114 Å².